The Labute approximate surface area is 173 Å². The number of hydrogen-bond donors (Lipinski definition) is 1. The van der Waals surface area contributed by atoms with Gasteiger partial charge < -0.3 is 14.2 Å². The molecule has 1 aromatic heterocycles. The molecule has 1 aromatic carbocycles. The average molecular weight is 396 g/mol. The monoisotopic (exact) mass is 395 g/mol. The highest BCUT2D eigenvalue weighted by atomic mass is 16.5. The maximum atomic E-state index is 13.4. The van der Waals surface area contributed by atoms with Crippen molar-refractivity contribution >= 4 is 16.8 Å². The van der Waals surface area contributed by atoms with Crippen molar-refractivity contribution in [3.63, 3.8) is 0 Å². The van der Waals surface area contributed by atoms with E-state index in [1.165, 1.54) is 34.9 Å². The minimum atomic E-state index is -0.163. The second-order valence-corrected chi connectivity index (χ2v) is 9.53. The predicted octanol–water partition coefficient (Wildman–Crippen LogP) is 3.51. The Balaban J connectivity index is 1.53. The summed E-state index contributed by atoms with van der Waals surface area (Å²) in [5.41, 5.74) is 4.05. The first kappa shape index (κ1) is 19.1. The molecular weight excluding hydrogens is 362 g/mol. The van der Waals surface area contributed by atoms with Gasteiger partial charge in [0.2, 0.25) is 5.91 Å². The van der Waals surface area contributed by atoms with Gasteiger partial charge in [0, 0.05) is 42.8 Å². The molecule has 5 rings (SSSR count). The van der Waals surface area contributed by atoms with Crippen molar-refractivity contribution < 1.29 is 9.53 Å². The van der Waals surface area contributed by atoms with Gasteiger partial charge in [-0.15, -0.1) is 0 Å². The normalized spacial score (nSPS) is 24.9. The summed E-state index contributed by atoms with van der Waals surface area (Å²) in [5, 5.41) is 5.16. The van der Waals surface area contributed by atoms with Crippen molar-refractivity contribution in [2.45, 2.75) is 58.2 Å². The summed E-state index contributed by atoms with van der Waals surface area (Å²) in [4.78, 5) is 15.4. The van der Waals surface area contributed by atoms with Crippen molar-refractivity contribution in [1.29, 1.82) is 0 Å². The molecule has 0 spiro atoms. The van der Waals surface area contributed by atoms with Gasteiger partial charge in [0.1, 0.15) is 0 Å². The molecule has 3 aliphatic rings. The zero-order valence-electron chi connectivity index (χ0n) is 17.7. The Kier molecular flexibility index (Phi) is 5.12. The van der Waals surface area contributed by atoms with E-state index < -0.39 is 0 Å². The second-order valence-electron chi connectivity index (χ2n) is 9.53. The Bertz CT molecular complexity index is 893. The molecule has 0 radical (unpaired) electrons. The molecule has 1 N–H and O–H groups in total. The van der Waals surface area contributed by atoms with Crippen molar-refractivity contribution in [2.24, 2.45) is 11.8 Å². The Morgan fingerprint density at radius 2 is 2.03 bits per heavy atom. The van der Waals surface area contributed by atoms with Gasteiger partial charge in [-0.05, 0) is 54.7 Å². The van der Waals surface area contributed by atoms with Gasteiger partial charge in [-0.25, -0.2) is 0 Å². The molecule has 3 heterocycles. The van der Waals surface area contributed by atoms with Crippen molar-refractivity contribution in [3.05, 3.63) is 35.5 Å². The van der Waals surface area contributed by atoms with E-state index in [0.717, 1.165) is 25.3 Å². The van der Waals surface area contributed by atoms with Crippen LogP contribution in [0.2, 0.25) is 0 Å². The van der Waals surface area contributed by atoms with Gasteiger partial charge in [-0.1, -0.05) is 26.0 Å². The summed E-state index contributed by atoms with van der Waals surface area (Å²) in [6.45, 7) is 8.36. The third-order valence-corrected chi connectivity index (χ3v) is 6.70. The van der Waals surface area contributed by atoms with Crippen LogP contribution in [-0.2, 0) is 22.5 Å². The SMILES string of the molecule is CC(C)C[C@@H]1N[C@H](C(=O)N2CCOCC2)Cc2cn(CC3CC3)c3cccc1c23. The van der Waals surface area contributed by atoms with Gasteiger partial charge in [0.25, 0.3) is 0 Å². The van der Waals surface area contributed by atoms with Crippen LogP contribution in [0.5, 0.6) is 0 Å². The summed E-state index contributed by atoms with van der Waals surface area (Å²) in [6.07, 6.45) is 6.86. The third kappa shape index (κ3) is 3.82. The number of hydrogen-bond acceptors (Lipinski definition) is 3. The largest absolute Gasteiger partial charge is 0.378 e. The number of carbonyl (C=O) groups is 1. The first-order valence-electron chi connectivity index (χ1n) is 11.3. The topological polar surface area (TPSA) is 46.5 Å². The van der Waals surface area contributed by atoms with Crippen LogP contribution < -0.4 is 5.32 Å². The van der Waals surface area contributed by atoms with Gasteiger partial charge in [0.15, 0.2) is 0 Å². The van der Waals surface area contributed by atoms with Crippen LogP contribution in [0.3, 0.4) is 0 Å². The quantitative estimate of drug-likeness (QED) is 0.843. The zero-order chi connectivity index (χ0) is 20.0. The minimum absolute atomic E-state index is 0.163. The number of ether oxygens (including phenoxy) is 1. The molecule has 2 aliphatic heterocycles. The first-order chi connectivity index (χ1) is 14.1. The lowest BCUT2D eigenvalue weighted by atomic mass is 9.94. The summed E-state index contributed by atoms with van der Waals surface area (Å²) in [6, 6.07) is 6.79. The number of aromatic nitrogens is 1. The molecule has 1 aliphatic carbocycles. The number of nitrogens with one attached hydrogen (secondary N) is 1. The molecule has 156 valence electrons. The van der Waals surface area contributed by atoms with Crippen LogP contribution in [-0.4, -0.2) is 47.7 Å². The summed E-state index contributed by atoms with van der Waals surface area (Å²) in [7, 11) is 0. The van der Waals surface area contributed by atoms with Gasteiger partial charge in [-0.3, -0.25) is 10.1 Å². The molecule has 2 fully saturated rings. The lowest BCUT2D eigenvalue weighted by Gasteiger charge is -2.32. The average Bonchev–Trinajstić information content (AvgIpc) is 3.49. The lowest BCUT2D eigenvalue weighted by molar-refractivity contribution is -0.137. The molecule has 5 heteroatoms. The highest BCUT2D eigenvalue weighted by Gasteiger charge is 2.34. The molecular formula is C24H33N3O2. The number of morpholine rings is 1. The Morgan fingerprint density at radius 3 is 2.76 bits per heavy atom. The molecule has 0 unspecified atom stereocenters. The standard InChI is InChI=1S/C24H33N3O2/c1-16(2)12-20-19-4-3-5-22-23(19)18(15-27(22)14-17-6-7-17)13-21(25-20)24(28)26-8-10-29-11-9-26/h3-5,15-17,20-21,25H,6-14H2,1-2H3/t20-,21-/m0/s1. The van der Waals surface area contributed by atoms with Crippen LogP contribution >= 0.6 is 0 Å². The highest BCUT2D eigenvalue weighted by molar-refractivity contribution is 5.90. The number of carbonyl (C=O) groups excluding carboxylic acids is 1. The zero-order valence-corrected chi connectivity index (χ0v) is 17.7. The van der Waals surface area contributed by atoms with Gasteiger partial charge >= 0.3 is 0 Å². The minimum Gasteiger partial charge on any atom is -0.378 e. The van der Waals surface area contributed by atoms with E-state index in [2.05, 4.69) is 48.1 Å². The predicted molar refractivity (Wildman–Crippen MR) is 115 cm³/mol. The van der Waals surface area contributed by atoms with Crippen LogP contribution in [0, 0.1) is 11.8 Å². The van der Waals surface area contributed by atoms with Crippen LogP contribution in [0.25, 0.3) is 10.9 Å². The molecule has 0 bridgehead atoms. The molecule has 1 saturated carbocycles. The van der Waals surface area contributed by atoms with E-state index in [4.69, 9.17) is 4.74 Å². The van der Waals surface area contributed by atoms with Gasteiger partial charge in [0.05, 0.1) is 19.3 Å². The molecule has 1 saturated heterocycles. The fourth-order valence-electron chi connectivity index (χ4n) is 5.08. The Hall–Kier alpha value is -1.85. The second kappa shape index (κ2) is 7.77. The molecule has 5 nitrogen and oxygen atoms in total. The highest BCUT2D eigenvalue weighted by Crippen LogP contribution is 2.38. The smallest absolute Gasteiger partial charge is 0.240 e. The van der Waals surface area contributed by atoms with Crippen LogP contribution in [0.4, 0.5) is 0 Å². The first-order valence-corrected chi connectivity index (χ1v) is 11.3. The lowest BCUT2D eigenvalue weighted by Crippen LogP contribution is -2.51. The van der Waals surface area contributed by atoms with Crippen LogP contribution in [0.15, 0.2) is 24.4 Å². The molecule has 1 amide bonds. The summed E-state index contributed by atoms with van der Waals surface area (Å²) >= 11 is 0. The molecule has 2 atom stereocenters. The fourth-order valence-corrected chi connectivity index (χ4v) is 5.08. The number of amides is 1. The van der Waals surface area contributed by atoms with Gasteiger partial charge in [-0.2, -0.15) is 0 Å². The van der Waals surface area contributed by atoms with E-state index in [9.17, 15) is 4.79 Å². The molecule has 29 heavy (non-hydrogen) atoms. The summed E-state index contributed by atoms with van der Waals surface area (Å²) in [5.74, 6) is 1.63. The summed E-state index contributed by atoms with van der Waals surface area (Å²) < 4.78 is 7.92. The maximum Gasteiger partial charge on any atom is 0.240 e. The van der Waals surface area contributed by atoms with Crippen molar-refractivity contribution in [1.82, 2.24) is 14.8 Å². The maximum absolute atomic E-state index is 13.4. The van der Waals surface area contributed by atoms with Crippen LogP contribution in [0.1, 0.15) is 50.3 Å². The van der Waals surface area contributed by atoms with E-state index in [0.29, 0.717) is 32.2 Å². The number of benzene rings is 1. The third-order valence-electron chi connectivity index (χ3n) is 6.70. The van der Waals surface area contributed by atoms with E-state index in [1.807, 2.05) is 4.90 Å². The van der Waals surface area contributed by atoms with E-state index in [1.54, 1.807) is 0 Å². The number of rotatable bonds is 5. The molecule has 2 aromatic rings. The van der Waals surface area contributed by atoms with Crippen molar-refractivity contribution in [3.8, 4) is 0 Å². The number of nitrogens with zero attached hydrogens (tertiary/aromatic N) is 2. The fraction of sp³-hybridized carbons (Fsp3) is 0.625. The van der Waals surface area contributed by atoms with E-state index >= 15 is 0 Å². The Morgan fingerprint density at radius 1 is 1.24 bits per heavy atom. The van der Waals surface area contributed by atoms with Crippen molar-refractivity contribution in [2.75, 3.05) is 26.3 Å². The van der Waals surface area contributed by atoms with E-state index in [-0.39, 0.29) is 18.0 Å².